The second kappa shape index (κ2) is 4.78. The van der Waals surface area contributed by atoms with Crippen molar-refractivity contribution in [2.24, 2.45) is 5.16 Å². The molecule has 0 heterocycles. The van der Waals surface area contributed by atoms with Gasteiger partial charge in [0.05, 0.1) is 6.61 Å². The van der Waals surface area contributed by atoms with Crippen molar-refractivity contribution in [2.75, 3.05) is 13.7 Å². The Balaban J connectivity index is 3.82. The molecule has 0 aliphatic rings. The van der Waals surface area contributed by atoms with Crippen molar-refractivity contribution < 1.29 is 14.4 Å². The quantitative estimate of drug-likeness (QED) is 0.331. The van der Waals surface area contributed by atoms with Gasteiger partial charge in [-0.2, -0.15) is 0 Å². The number of oxime groups is 1. The summed E-state index contributed by atoms with van der Waals surface area (Å²) in [4.78, 5) is 15.1. The lowest BCUT2D eigenvalue weighted by Gasteiger charge is -1.98. The van der Waals surface area contributed by atoms with Gasteiger partial charge in [-0.05, 0) is 13.8 Å². The maximum absolute atomic E-state index is 10.7. The Kier molecular flexibility index (Phi) is 4.28. The lowest BCUT2D eigenvalue weighted by molar-refractivity contribution is -0.135. The normalized spacial score (nSPS) is 10.9. The first-order valence-electron chi connectivity index (χ1n) is 2.97. The molecule has 10 heavy (non-hydrogen) atoms. The van der Waals surface area contributed by atoms with Crippen molar-refractivity contribution in [1.82, 2.24) is 0 Å². The molecule has 0 aromatic carbocycles. The molecule has 0 aliphatic heterocycles. The van der Waals surface area contributed by atoms with E-state index in [1.165, 1.54) is 14.0 Å². The van der Waals surface area contributed by atoms with Crippen LogP contribution in [0.15, 0.2) is 5.16 Å². The van der Waals surface area contributed by atoms with E-state index in [4.69, 9.17) is 0 Å². The van der Waals surface area contributed by atoms with Gasteiger partial charge >= 0.3 is 5.97 Å². The molecule has 4 heteroatoms. The van der Waals surface area contributed by atoms with Crippen molar-refractivity contribution in [1.29, 1.82) is 0 Å². The first-order valence-corrected chi connectivity index (χ1v) is 2.97. The van der Waals surface area contributed by atoms with Gasteiger partial charge in [0, 0.05) is 0 Å². The van der Waals surface area contributed by atoms with Crippen LogP contribution in [0.4, 0.5) is 0 Å². The molecule has 0 saturated heterocycles. The number of esters is 1. The van der Waals surface area contributed by atoms with Crippen molar-refractivity contribution >= 4 is 11.7 Å². The number of hydrogen-bond acceptors (Lipinski definition) is 4. The second-order valence-corrected chi connectivity index (χ2v) is 1.58. The molecule has 0 unspecified atom stereocenters. The van der Waals surface area contributed by atoms with Crippen molar-refractivity contribution in [3.63, 3.8) is 0 Å². The lowest BCUT2D eigenvalue weighted by atomic mass is 10.4. The van der Waals surface area contributed by atoms with Gasteiger partial charge in [0.2, 0.25) is 0 Å². The molecule has 0 radical (unpaired) electrons. The molecule has 0 fully saturated rings. The summed E-state index contributed by atoms with van der Waals surface area (Å²) in [6.07, 6.45) is 0. The number of nitrogens with zero attached hydrogens (tertiary/aromatic N) is 1. The Morgan fingerprint density at radius 1 is 1.60 bits per heavy atom. The third kappa shape index (κ3) is 3.06. The Morgan fingerprint density at radius 2 is 2.20 bits per heavy atom. The molecule has 0 aliphatic carbocycles. The molecule has 58 valence electrons. The third-order valence-corrected chi connectivity index (χ3v) is 0.799. The lowest BCUT2D eigenvalue weighted by Crippen LogP contribution is -2.14. The van der Waals surface area contributed by atoms with Crippen LogP contribution in [-0.2, 0) is 14.4 Å². The molecule has 0 spiro atoms. The van der Waals surface area contributed by atoms with Gasteiger partial charge in [0.25, 0.3) is 0 Å². The van der Waals surface area contributed by atoms with Gasteiger partial charge in [-0.15, -0.1) is 0 Å². The molecule has 0 atom stereocenters. The van der Waals surface area contributed by atoms with Crippen molar-refractivity contribution in [3.05, 3.63) is 0 Å². The number of carbonyl (C=O) groups is 1. The Labute approximate surface area is 59.8 Å². The molecule has 0 aromatic heterocycles. The van der Waals surface area contributed by atoms with Gasteiger partial charge in [-0.1, -0.05) is 5.16 Å². The Hall–Kier alpha value is -1.06. The second-order valence-electron chi connectivity index (χ2n) is 1.58. The van der Waals surface area contributed by atoms with E-state index >= 15 is 0 Å². The fraction of sp³-hybridized carbons (Fsp3) is 0.667. The maximum Gasteiger partial charge on any atom is 0.355 e. The molecule has 0 rings (SSSR count). The fourth-order valence-corrected chi connectivity index (χ4v) is 0.410. The summed E-state index contributed by atoms with van der Waals surface area (Å²) in [5.74, 6) is -0.440. The predicted octanol–water partition coefficient (Wildman–Crippen LogP) is 0.572. The predicted molar refractivity (Wildman–Crippen MR) is 36.8 cm³/mol. The molecule has 0 N–H and O–H groups in total. The number of carbonyl (C=O) groups excluding carboxylic acids is 1. The van der Waals surface area contributed by atoms with Gasteiger partial charge in [-0.25, -0.2) is 4.79 Å². The average Bonchev–Trinajstić information content (AvgIpc) is 1.89. The molecule has 0 aromatic rings. The van der Waals surface area contributed by atoms with E-state index in [2.05, 4.69) is 14.7 Å². The van der Waals surface area contributed by atoms with Crippen molar-refractivity contribution in [2.45, 2.75) is 13.8 Å². The van der Waals surface area contributed by atoms with Crippen molar-refractivity contribution in [3.8, 4) is 0 Å². The van der Waals surface area contributed by atoms with E-state index in [-0.39, 0.29) is 5.71 Å². The van der Waals surface area contributed by atoms with Gasteiger partial charge in [0.1, 0.15) is 7.11 Å². The van der Waals surface area contributed by atoms with Gasteiger partial charge < -0.3 is 9.57 Å². The minimum absolute atomic E-state index is 0.226. The highest BCUT2D eigenvalue weighted by molar-refractivity contribution is 6.35. The zero-order valence-electron chi connectivity index (χ0n) is 6.38. The highest BCUT2D eigenvalue weighted by Gasteiger charge is 2.05. The first kappa shape index (κ1) is 8.94. The van der Waals surface area contributed by atoms with Gasteiger partial charge in [0.15, 0.2) is 5.71 Å². The molecular weight excluding hydrogens is 134 g/mol. The van der Waals surface area contributed by atoms with Crippen LogP contribution >= 0.6 is 0 Å². The highest BCUT2D eigenvalue weighted by atomic mass is 16.6. The number of ether oxygens (including phenoxy) is 1. The zero-order chi connectivity index (χ0) is 7.98. The van der Waals surface area contributed by atoms with E-state index in [9.17, 15) is 4.79 Å². The fourth-order valence-electron chi connectivity index (χ4n) is 0.410. The van der Waals surface area contributed by atoms with Crippen LogP contribution in [0.25, 0.3) is 0 Å². The van der Waals surface area contributed by atoms with E-state index in [1.54, 1.807) is 6.92 Å². The largest absolute Gasteiger partial charge is 0.461 e. The summed E-state index contributed by atoms with van der Waals surface area (Å²) in [5.41, 5.74) is 0.226. The summed E-state index contributed by atoms with van der Waals surface area (Å²) in [6.45, 7) is 3.62. The summed E-state index contributed by atoms with van der Waals surface area (Å²) >= 11 is 0. The summed E-state index contributed by atoms with van der Waals surface area (Å²) < 4.78 is 4.61. The minimum Gasteiger partial charge on any atom is -0.461 e. The molecule has 0 saturated carbocycles. The number of rotatable bonds is 3. The van der Waals surface area contributed by atoms with E-state index in [1.807, 2.05) is 0 Å². The van der Waals surface area contributed by atoms with Crippen LogP contribution < -0.4 is 0 Å². The topological polar surface area (TPSA) is 47.9 Å². The van der Waals surface area contributed by atoms with Crippen LogP contribution in [0.3, 0.4) is 0 Å². The van der Waals surface area contributed by atoms with Crippen LogP contribution in [0.1, 0.15) is 13.8 Å². The first-order chi connectivity index (χ1) is 4.72. The minimum atomic E-state index is -0.440. The monoisotopic (exact) mass is 145 g/mol. The highest BCUT2D eigenvalue weighted by Crippen LogP contribution is 1.83. The number of hydrogen-bond donors (Lipinski definition) is 0. The van der Waals surface area contributed by atoms with Crippen LogP contribution in [0.2, 0.25) is 0 Å². The molecule has 0 amide bonds. The summed E-state index contributed by atoms with van der Waals surface area (Å²) in [6, 6.07) is 0. The SMILES string of the molecule is CCOC(=O)/C(C)=N\OC. The Morgan fingerprint density at radius 3 is 2.60 bits per heavy atom. The summed E-state index contributed by atoms with van der Waals surface area (Å²) in [5, 5.41) is 3.39. The standard InChI is InChI=1S/C6H11NO3/c1-4-10-6(8)5(2)7-9-3/h4H2,1-3H3/b7-5-. The smallest absolute Gasteiger partial charge is 0.355 e. The third-order valence-electron chi connectivity index (χ3n) is 0.799. The van der Waals surface area contributed by atoms with E-state index in [0.717, 1.165) is 0 Å². The van der Waals surface area contributed by atoms with Gasteiger partial charge in [-0.3, -0.25) is 0 Å². The Bertz CT molecular complexity index is 142. The van der Waals surface area contributed by atoms with E-state index in [0.29, 0.717) is 6.61 Å². The molecular formula is C6H11NO3. The van der Waals surface area contributed by atoms with Crippen LogP contribution in [0, 0.1) is 0 Å². The zero-order valence-corrected chi connectivity index (χ0v) is 6.38. The van der Waals surface area contributed by atoms with Crippen LogP contribution in [-0.4, -0.2) is 25.4 Å². The molecule has 0 bridgehead atoms. The maximum atomic E-state index is 10.7. The van der Waals surface area contributed by atoms with Crippen LogP contribution in [0.5, 0.6) is 0 Å². The molecule has 4 nitrogen and oxygen atoms in total. The van der Waals surface area contributed by atoms with E-state index < -0.39 is 5.97 Å². The summed E-state index contributed by atoms with van der Waals surface area (Å²) in [7, 11) is 1.38. The average molecular weight is 145 g/mol.